The zero-order valence-corrected chi connectivity index (χ0v) is 13.1. The van der Waals surface area contributed by atoms with Gasteiger partial charge in [0, 0.05) is 6.04 Å². The molecule has 0 bridgehead atoms. The van der Waals surface area contributed by atoms with E-state index in [0.29, 0.717) is 0 Å². The van der Waals surface area contributed by atoms with E-state index in [1.807, 2.05) is 6.07 Å². The molecule has 0 saturated heterocycles. The predicted octanol–water partition coefficient (Wildman–Crippen LogP) is 5.62. The summed E-state index contributed by atoms with van der Waals surface area (Å²) >= 11 is 0. The van der Waals surface area contributed by atoms with Gasteiger partial charge in [-0.05, 0) is 37.6 Å². The van der Waals surface area contributed by atoms with Crippen LogP contribution < -0.4 is 5.32 Å². The van der Waals surface area contributed by atoms with Gasteiger partial charge in [0.15, 0.2) is 0 Å². The minimum atomic E-state index is -0.150. The van der Waals surface area contributed by atoms with Crippen molar-refractivity contribution in [3.8, 4) is 0 Å². The van der Waals surface area contributed by atoms with E-state index in [9.17, 15) is 4.39 Å². The van der Waals surface area contributed by atoms with E-state index >= 15 is 0 Å². The van der Waals surface area contributed by atoms with Crippen molar-refractivity contribution in [1.82, 2.24) is 5.32 Å². The van der Waals surface area contributed by atoms with E-state index in [-0.39, 0.29) is 11.9 Å². The Kier molecular flexibility index (Phi) is 9.31. The molecule has 0 spiro atoms. The van der Waals surface area contributed by atoms with Crippen molar-refractivity contribution in [3.05, 3.63) is 35.6 Å². The van der Waals surface area contributed by atoms with Crippen LogP contribution in [0.1, 0.15) is 76.8 Å². The molecule has 0 unspecified atom stereocenters. The highest BCUT2D eigenvalue weighted by molar-refractivity contribution is 5.19. The molecule has 1 aromatic rings. The van der Waals surface area contributed by atoms with Gasteiger partial charge in [0.05, 0.1) is 0 Å². The van der Waals surface area contributed by atoms with Crippen LogP contribution in [0, 0.1) is 5.82 Å². The van der Waals surface area contributed by atoms with Gasteiger partial charge in [-0.3, -0.25) is 0 Å². The molecular formula is C18H30FN. The van der Waals surface area contributed by atoms with Gasteiger partial charge in [-0.25, -0.2) is 4.39 Å². The second kappa shape index (κ2) is 10.8. The van der Waals surface area contributed by atoms with Crippen LogP contribution in [0.2, 0.25) is 0 Å². The fourth-order valence-corrected chi connectivity index (χ4v) is 2.47. The number of benzene rings is 1. The first kappa shape index (κ1) is 17.2. The minimum absolute atomic E-state index is 0.150. The molecule has 1 nitrogen and oxygen atoms in total. The third-order valence-corrected chi connectivity index (χ3v) is 3.83. The summed E-state index contributed by atoms with van der Waals surface area (Å²) in [5.41, 5.74) is 1.03. The monoisotopic (exact) mass is 279 g/mol. The summed E-state index contributed by atoms with van der Waals surface area (Å²) in [7, 11) is 0. The van der Waals surface area contributed by atoms with E-state index < -0.39 is 0 Å². The average molecular weight is 279 g/mol. The molecule has 0 aromatic heterocycles. The minimum Gasteiger partial charge on any atom is -0.310 e. The van der Waals surface area contributed by atoms with Crippen LogP contribution in [0.5, 0.6) is 0 Å². The third kappa shape index (κ3) is 7.64. The normalized spacial score (nSPS) is 12.6. The first-order valence-electron chi connectivity index (χ1n) is 8.23. The van der Waals surface area contributed by atoms with Crippen molar-refractivity contribution < 1.29 is 4.39 Å². The fourth-order valence-electron chi connectivity index (χ4n) is 2.47. The highest BCUT2D eigenvalue weighted by atomic mass is 19.1. The average Bonchev–Trinajstić information content (AvgIpc) is 2.45. The molecule has 1 aromatic carbocycles. The number of rotatable bonds is 11. The Morgan fingerprint density at radius 3 is 2.30 bits per heavy atom. The van der Waals surface area contributed by atoms with E-state index in [2.05, 4.69) is 19.2 Å². The topological polar surface area (TPSA) is 12.0 Å². The van der Waals surface area contributed by atoms with E-state index in [1.54, 1.807) is 12.1 Å². The highest BCUT2D eigenvalue weighted by Crippen LogP contribution is 2.14. The van der Waals surface area contributed by atoms with Gasteiger partial charge in [0.2, 0.25) is 0 Å². The molecule has 0 aliphatic carbocycles. The molecule has 114 valence electrons. The Hall–Kier alpha value is -0.890. The number of hydrogen-bond donors (Lipinski definition) is 1. The van der Waals surface area contributed by atoms with Crippen LogP contribution in [0.15, 0.2) is 24.3 Å². The molecule has 1 atom stereocenters. The molecule has 0 heterocycles. The summed E-state index contributed by atoms with van der Waals surface area (Å²) in [6, 6.07) is 7.10. The fraction of sp³-hybridized carbons (Fsp3) is 0.667. The molecule has 1 N–H and O–H groups in total. The Morgan fingerprint density at radius 2 is 1.65 bits per heavy atom. The van der Waals surface area contributed by atoms with Gasteiger partial charge >= 0.3 is 0 Å². The Balaban J connectivity index is 2.01. The zero-order valence-electron chi connectivity index (χ0n) is 13.1. The van der Waals surface area contributed by atoms with Crippen LogP contribution in [-0.4, -0.2) is 6.54 Å². The summed E-state index contributed by atoms with van der Waals surface area (Å²) in [6.45, 7) is 5.37. The van der Waals surface area contributed by atoms with Gasteiger partial charge in [0.25, 0.3) is 0 Å². The van der Waals surface area contributed by atoms with Crippen molar-refractivity contribution in [2.24, 2.45) is 0 Å². The lowest BCUT2D eigenvalue weighted by atomic mass is 10.1. The molecule has 0 aliphatic rings. The van der Waals surface area contributed by atoms with Crippen molar-refractivity contribution >= 4 is 0 Å². The summed E-state index contributed by atoms with van der Waals surface area (Å²) < 4.78 is 13.1. The van der Waals surface area contributed by atoms with E-state index in [0.717, 1.165) is 12.1 Å². The van der Waals surface area contributed by atoms with Crippen molar-refractivity contribution in [3.63, 3.8) is 0 Å². The zero-order chi connectivity index (χ0) is 14.6. The summed E-state index contributed by atoms with van der Waals surface area (Å²) in [5, 5.41) is 3.47. The molecule has 20 heavy (non-hydrogen) atoms. The lowest BCUT2D eigenvalue weighted by molar-refractivity contribution is 0.519. The maximum Gasteiger partial charge on any atom is 0.123 e. The summed E-state index contributed by atoms with van der Waals surface area (Å²) in [6.07, 6.45) is 10.7. The Bertz CT molecular complexity index is 351. The Morgan fingerprint density at radius 1 is 1.00 bits per heavy atom. The van der Waals surface area contributed by atoms with Gasteiger partial charge < -0.3 is 5.32 Å². The molecule has 0 radical (unpaired) electrons. The second-order valence-corrected chi connectivity index (χ2v) is 5.71. The molecule has 0 fully saturated rings. The van der Waals surface area contributed by atoms with E-state index in [1.165, 1.54) is 57.4 Å². The first-order valence-corrected chi connectivity index (χ1v) is 8.23. The predicted molar refractivity (Wildman–Crippen MR) is 85.4 cm³/mol. The maximum atomic E-state index is 13.1. The third-order valence-electron chi connectivity index (χ3n) is 3.83. The van der Waals surface area contributed by atoms with Gasteiger partial charge in [-0.1, -0.05) is 64.0 Å². The van der Waals surface area contributed by atoms with Crippen molar-refractivity contribution in [2.75, 3.05) is 6.54 Å². The van der Waals surface area contributed by atoms with Crippen molar-refractivity contribution in [1.29, 1.82) is 0 Å². The smallest absolute Gasteiger partial charge is 0.123 e. The lowest BCUT2D eigenvalue weighted by Crippen LogP contribution is -2.19. The number of nitrogens with one attached hydrogen (secondary N) is 1. The van der Waals surface area contributed by atoms with Gasteiger partial charge in [0.1, 0.15) is 5.82 Å². The van der Waals surface area contributed by atoms with Crippen LogP contribution in [0.4, 0.5) is 4.39 Å². The number of unbranched alkanes of at least 4 members (excludes halogenated alkanes) is 7. The molecule has 0 saturated carbocycles. The maximum absolute atomic E-state index is 13.1. The standard InChI is InChI=1S/C18H30FN/c1-3-4-5-6-7-8-9-10-14-20-16(2)17-12-11-13-18(19)15-17/h11-13,15-16,20H,3-10,14H2,1-2H3/t16-/m1/s1. The first-order chi connectivity index (χ1) is 9.74. The highest BCUT2D eigenvalue weighted by Gasteiger charge is 2.04. The molecule has 1 rings (SSSR count). The summed E-state index contributed by atoms with van der Waals surface area (Å²) in [5.74, 6) is -0.150. The van der Waals surface area contributed by atoms with E-state index in [4.69, 9.17) is 0 Å². The molecule has 2 heteroatoms. The van der Waals surface area contributed by atoms with Crippen LogP contribution >= 0.6 is 0 Å². The molecule has 0 amide bonds. The SMILES string of the molecule is CCCCCCCCCCN[C@H](C)c1cccc(F)c1. The van der Waals surface area contributed by atoms with Crippen LogP contribution in [0.25, 0.3) is 0 Å². The number of halogens is 1. The van der Waals surface area contributed by atoms with Crippen LogP contribution in [-0.2, 0) is 0 Å². The van der Waals surface area contributed by atoms with Crippen molar-refractivity contribution in [2.45, 2.75) is 71.3 Å². The largest absolute Gasteiger partial charge is 0.310 e. The quantitative estimate of drug-likeness (QED) is 0.519. The second-order valence-electron chi connectivity index (χ2n) is 5.71. The molecule has 0 aliphatic heterocycles. The van der Waals surface area contributed by atoms with Gasteiger partial charge in [-0.2, -0.15) is 0 Å². The number of hydrogen-bond acceptors (Lipinski definition) is 1. The summed E-state index contributed by atoms with van der Waals surface area (Å²) in [4.78, 5) is 0. The molecular weight excluding hydrogens is 249 g/mol. The van der Waals surface area contributed by atoms with Crippen LogP contribution in [0.3, 0.4) is 0 Å². The lowest BCUT2D eigenvalue weighted by Gasteiger charge is -2.14. The van der Waals surface area contributed by atoms with Gasteiger partial charge in [-0.15, -0.1) is 0 Å². The Labute approximate surface area is 124 Å².